The van der Waals surface area contributed by atoms with Gasteiger partial charge in [0.1, 0.15) is 18.3 Å². The van der Waals surface area contributed by atoms with Gasteiger partial charge in [-0.25, -0.2) is 4.79 Å². The second-order valence-electron chi connectivity index (χ2n) is 13.5. The summed E-state index contributed by atoms with van der Waals surface area (Å²) in [6.45, 7) is 9.47. The number of ketones is 2. The van der Waals surface area contributed by atoms with Crippen molar-refractivity contribution in [3.8, 4) is 0 Å². The van der Waals surface area contributed by atoms with Gasteiger partial charge in [0.25, 0.3) is 0 Å². The van der Waals surface area contributed by atoms with Crippen molar-refractivity contribution in [2.75, 3.05) is 0 Å². The molecule has 4 rings (SSSR count). The van der Waals surface area contributed by atoms with Crippen LogP contribution < -0.4 is 0 Å². The van der Waals surface area contributed by atoms with Gasteiger partial charge in [-0.3, -0.25) is 28.8 Å². The molecule has 50 heavy (non-hydrogen) atoms. The number of rotatable bonds is 6. The van der Waals surface area contributed by atoms with E-state index >= 15 is 0 Å². The first kappa shape index (κ1) is 40.7. The van der Waals surface area contributed by atoms with Crippen molar-refractivity contribution in [3.63, 3.8) is 0 Å². The Balaban J connectivity index is 0.00000676. The zero-order chi connectivity index (χ0) is 36.8. The Morgan fingerprint density at radius 2 is 1.32 bits per heavy atom. The van der Waals surface area contributed by atoms with Crippen molar-refractivity contribution in [2.24, 2.45) is 23.2 Å². The molecule has 0 aromatic heterocycles. The Morgan fingerprint density at radius 3 is 1.84 bits per heavy atom. The van der Waals surface area contributed by atoms with Crippen LogP contribution in [0.4, 0.5) is 0 Å². The molecule has 1 saturated carbocycles. The number of carbonyl (C=O) groups is 7. The van der Waals surface area contributed by atoms with Crippen LogP contribution in [0, 0.1) is 23.2 Å². The predicted octanol–water partition coefficient (Wildman–Crippen LogP) is 1.22. The standard InChI is InChI=1S/C34H42O15.Ni/c1-15-14-33(48-20(6)38)22(25(15)44-17(3)35)26(45-18(4)36)24(40)27(46-19(5)37)28(47-31(42)21-12-10-9-11-13-21)29(41)32(7,8)30-23(39)16(2)34(33,43)49-30;/h9-13,15-16,22,25-30,41,43H,14H2,1-8H3;/t15-,16+,22+,25-,26+,27+,28+,29+,30-,33+,34+;/m0./s1. The summed E-state index contributed by atoms with van der Waals surface area (Å²) in [6, 6.07) is 7.45. The Morgan fingerprint density at radius 1 is 0.780 bits per heavy atom. The number of aliphatic hydroxyl groups excluding tert-OH is 1. The summed E-state index contributed by atoms with van der Waals surface area (Å²) in [5, 5.41) is 24.6. The Bertz CT molecular complexity index is 1530. The summed E-state index contributed by atoms with van der Waals surface area (Å²) < 4.78 is 34.4. The molecule has 0 amide bonds. The molecule has 2 saturated heterocycles. The molecule has 0 radical (unpaired) electrons. The van der Waals surface area contributed by atoms with Gasteiger partial charge in [-0.05, 0) is 24.5 Å². The number of fused-ring (bicyclic) bond motifs is 4. The van der Waals surface area contributed by atoms with E-state index in [1.165, 1.54) is 45.0 Å². The number of aliphatic hydroxyl groups is 2. The molecule has 2 aliphatic heterocycles. The Labute approximate surface area is 298 Å². The van der Waals surface area contributed by atoms with Crippen LogP contribution in [-0.2, 0) is 73.7 Å². The first-order chi connectivity index (χ1) is 22.7. The zero-order valence-electron chi connectivity index (χ0n) is 28.8. The molecule has 1 aliphatic carbocycles. The minimum absolute atomic E-state index is 0. The average Bonchev–Trinajstić information content (AvgIpc) is 3.42. The fraction of sp³-hybridized carbons (Fsp3) is 0.618. The number of carbonyl (C=O) groups excluding carboxylic acids is 7. The van der Waals surface area contributed by atoms with Gasteiger partial charge in [-0.15, -0.1) is 0 Å². The van der Waals surface area contributed by atoms with Crippen molar-refractivity contribution in [3.05, 3.63) is 35.9 Å². The molecular weight excluding hydrogens is 707 g/mol. The molecule has 11 atom stereocenters. The summed E-state index contributed by atoms with van der Waals surface area (Å²) in [4.78, 5) is 93.1. The SMILES string of the molecule is CC(=O)O[C@@H]1[C@@H]2[C@@H](OC(C)=O)C(=O)[C@@H](OC(C)=O)[C@@H](OC(=O)c3ccccc3)[C@@H](O)C(C)(C)[C@H]3O[C@](O)([C@H](C)C3=O)[C@@]2(OC(C)=O)C[C@@H]1C.[Ni]. The topological polar surface area (TPSA) is 215 Å². The first-order valence-electron chi connectivity index (χ1n) is 15.8. The monoisotopic (exact) mass is 748 g/mol. The van der Waals surface area contributed by atoms with E-state index in [9.17, 15) is 43.8 Å². The zero-order valence-corrected chi connectivity index (χ0v) is 29.8. The molecule has 278 valence electrons. The van der Waals surface area contributed by atoms with Gasteiger partial charge in [-0.2, -0.15) is 0 Å². The number of ether oxygens (including phenoxy) is 6. The molecule has 1 aromatic rings. The Hall–Kier alpha value is -3.72. The molecule has 15 nitrogen and oxygen atoms in total. The fourth-order valence-corrected chi connectivity index (χ4v) is 7.47. The molecule has 1 aromatic carbocycles. The van der Waals surface area contributed by atoms with Crippen LogP contribution in [0.15, 0.2) is 30.3 Å². The van der Waals surface area contributed by atoms with E-state index in [1.807, 2.05) is 0 Å². The maximum Gasteiger partial charge on any atom is 0.338 e. The summed E-state index contributed by atoms with van der Waals surface area (Å²) in [5.74, 6) is -14.1. The summed E-state index contributed by atoms with van der Waals surface area (Å²) >= 11 is 0. The predicted molar refractivity (Wildman–Crippen MR) is 163 cm³/mol. The van der Waals surface area contributed by atoms with Crippen LogP contribution in [0.3, 0.4) is 0 Å². The summed E-state index contributed by atoms with van der Waals surface area (Å²) in [7, 11) is 0. The minimum Gasteiger partial charge on any atom is -0.462 e. The fourth-order valence-electron chi connectivity index (χ4n) is 7.47. The van der Waals surface area contributed by atoms with Crippen molar-refractivity contribution in [1.82, 2.24) is 0 Å². The van der Waals surface area contributed by atoms with Crippen LogP contribution >= 0.6 is 0 Å². The van der Waals surface area contributed by atoms with E-state index in [-0.39, 0.29) is 28.5 Å². The van der Waals surface area contributed by atoms with Crippen molar-refractivity contribution in [1.29, 1.82) is 0 Å². The van der Waals surface area contributed by atoms with Gasteiger partial charge in [0.15, 0.2) is 23.6 Å². The van der Waals surface area contributed by atoms with Gasteiger partial charge >= 0.3 is 29.8 Å². The van der Waals surface area contributed by atoms with Crippen LogP contribution in [-0.4, -0.2) is 99.6 Å². The van der Waals surface area contributed by atoms with Crippen molar-refractivity contribution < 1.29 is 88.7 Å². The molecule has 16 heteroatoms. The third kappa shape index (κ3) is 7.08. The van der Waals surface area contributed by atoms with Crippen LogP contribution in [0.25, 0.3) is 0 Å². The van der Waals surface area contributed by atoms with Gasteiger partial charge in [0.2, 0.25) is 17.7 Å². The average molecular weight is 749 g/mol. The maximum absolute atomic E-state index is 14.9. The maximum atomic E-state index is 14.9. The summed E-state index contributed by atoms with van der Waals surface area (Å²) in [5.41, 5.74) is -4.28. The number of benzene rings is 1. The molecule has 0 unspecified atom stereocenters. The van der Waals surface area contributed by atoms with Crippen molar-refractivity contribution in [2.45, 2.75) is 110 Å². The largest absolute Gasteiger partial charge is 0.462 e. The third-order valence-corrected chi connectivity index (χ3v) is 9.66. The van der Waals surface area contributed by atoms with E-state index in [2.05, 4.69) is 0 Å². The second-order valence-corrected chi connectivity index (χ2v) is 13.5. The van der Waals surface area contributed by atoms with Gasteiger partial charge in [0, 0.05) is 49.6 Å². The molecule has 2 bridgehead atoms. The van der Waals surface area contributed by atoms with E-state index in [1.54, 1.807) is 13.0 Å². The second kappa shape index (κ2) is 14.9. The van der Waals surface area contributed by atoms with E-state index in [0.717, 1.165) is 27.7 Å². The molecule has 3 fully saturated rings. The first-order valence-corrected chi connectivity index (χ1v) is 15.8. The molecule has 0 spiro atoms. The number of esters is 5. The smallest absolute Gasteiger partial charge is 0.338 e. The van der Waals surface area contributed by atoms with Crippen LogP contribution in [0.1, 0.15) is 72.2 Å². The van der Waals surface area contributed by atoms with Gasteiger partial charge < -0.3 is 38.6 Å². The minimum atomic E-state index is -2.78. The van der Waals surface area contributed by atoms with Gasteiger partial charge in [-0.1, -0.05) is 45.9 Å². The molecule has 3 aliphatic rings. The molecule has 2 heterocycles. The number of Topliss-reactive ketones (excluding diaryl/α,β-unsaturated/α-hetero) is 2. The quantitative estimate of drug-likeness (QED) is 0.238. The van der Waals surface area contributed by atoms with E-state index in [0.29, 0.717) is 0 Å². The van der Waals surface area contributed by atoms with E-state index in [4.69, 9.17) is 28.4 Å². The van der Waals surface area contributed by atoms with Gasteiger partial charge in [0.05, 0.1) is 17.4 Å². The summed E-state index contributed by atoms with van der Waals surface area (Å²) in [6.07, 6.45) is -12.1. The van der Waals surface area contributed by atoms with E-state index < -0.39 is 113 Å². The van der Waals surface area contributed by atoms with Crippen LogP contribution in [0.2, 0.25) is 0 Å². The third-order valence-electron chi connectivity index (χ3n) is 9.66. The number of hydrogen-bond donors (Lipinski definition) is 2. The number of hydrogen-bond acceptors (Lipinski definition) is 15. The van der Waals surface area contributed by atoms with Crippen molar-refractivity contribution >= 4 is 41.4 Å². The van der Waals surface area contributed by atoms with Crippen LogP contribution in [0.5, 0.6) is 0 Å². The normalized spacial score (nSPS) is 36.1. The Kier molecular flexibility index (Phi) is 12.1. The molecule has 2 N–H and O–H groups in total. The molecular formula is C34H42NiO15.